The van der Waals surface area contributed by atoms with Crippen LogP contribution < -0.4 is 10.3 Å². The maximum absolute atomic E-state index is 12.4. The summed E-state index contributed by atoms with van der Waals surface area (Å²) in [5.74, 6) is 1.11. The van der Waals surface area contributed by atoms with Crippen molar-refractivity contribution in [3.05, 3.63) is 34.6 Å². The molecule has 0 spiro atoms. The minimum atomic E-state index is -0.241. The molecule has 98 valence electrons. The Balaban J connectivity index is 2.29. The molecule has 0 fully saturated rings. The molecule has 2 heterocycles. The number of methoxy groups -OCH3 is 1. The lowest BCUT2D eigenvalue weighted by Crippen LogP contribution is -2.22. The first-order chi connectivity index (χ1) is 9.22. The van der Waals surface area contributed by atoms with Gasteiger partial charge in [-0.05, 0) is 6.07 Å². The van der Waals surface area contributed by atoms with Gasteiger partial charge in [0.15, 0.2) is 5.16 Å². The fourth-order valence-electron chi connectivity index (χ4n) is 2.15. The molecule has 0 saturated heterocycles. The van der Waals surface area contributed by atoms with Gasteiger partial charge in [0.05, 0.1) is 7.11 Å². The Morgan fingerprint density at radius 2 is 2.21 bits per heavy atom. The summed E-state index contributed by atoms with van der Waals surface area (Å²) in [6.45, 7) is 0.619. The molecule has 0 atom stereocenters. The molecule has 0 bridgehead atoms. The van der Waals surface area contributed by atoms with Gasteiger partial charge in [0.1, 0.15) is 11.3 Å². The zero-order valence-electron chi connectivity index (χ0n) is 10.3. The second-order valence-electron chi connectivity index (χ2n) is 4.10. The molecule has 1 aliphatic heterocycles. The number of para-hydroxylation sites is 1. The van der Waals surface area contributed by atoms with Crippen molar-refractivity contribution in [1.82, 2.24) is 9.55 Å². The minimum Gasteiger partial charge on any atom is -0.496 e. The van der Waals surface area contributed by atoms with E-state index in [1.807, 2.05) is 6.07 Å². The molecule has 0 unspecified atom stereocenters. The van der Waals surface area contributed by atoms with E-state index in [-0.39, 0.29) is 17.0 Å². The zero-order chi connectivity index (χ0) is 13.4. The summed E-state index contributed by atoms with van der Waals surface area (Å²) in [5.41, 5.74) is 0.535. The molecule has 1 aromatic carbocycles. The Morgan fingerprint density at radius 3 is 3.00 bits per heavy atom. The molecule has 3 rings (SSSR count). The molecule has 1 N–H and O–H groups in total. The standard InChI is InChI=1S/C13H12N2O3S/c1-18-9-5-3-2-4-8(9)10-11(16)14-13-15(12(10)17)6-7-19-13/h2-5,16H,6-7H2,1H3. The molecule has 6 heteroatoms. The third-order valence-electron chi connectivity index (χ3n) is 3.04. The maximum atomic E-state index is 12.4. The van der Waals surface area contributed by atoms with Crippen LogP contribution in [-0.2, 0) is 6.54 Å². The first kappa shape index (κ1) is 12.1. The van der Waals surface area contributed by atoms with Crippen LogP contribution in [0.15, 0.2) is 34.2 Å². The fourth-order valence-corrected chi connectivity index (χ4v) is 3.08. The van der Waals surface area contributed by atoms with Gasteiger partial charge in [0, 0.05) is 17.9 Å². The van der Waals surface area contributed by atoms with Gasteiger partial charge < -0.3 is 9.84 Å². The van der Waals surface area contributed by atoms with Crippen molar-refractivity contribution < 1.29 is 9.84 Å². The van der Waals surface area contributed by atoms with Gasteiger partial charge in [-0.2, -0.15) is 4.98 Å². The number of thioether (sulfide) groups is 1. The van der Waals surface area contributed by atoms with Gasteiger partial charge in [-0.15, -0.1) is 0 Å². The van der Waals surface area contributed by atoms with Crippen molar-refractivity contribution in [2.45, 2.75) is 11.7 Å². The van der Waals surface area contributed by atoms with Crippen LogP contribution in [0, 0.1) is 0 Å². The highest BCUT2D eigenvalue weighted by Crippen LogP contribution is 2.34. The molecule has 1 aliphatic rings. The quantitative estimate of drug-likeness (QED) is 0.846. The molecular formula is C13H12N2O3S. The molecule has 0 radical (unpaired) electrons. The number of rotatable bonds is 2. The van der Waals surface area contributed by atoms with E-state index >= 15 is 0 Å². The fraction of sp³-hybridized carbons (Fsp3) is 0.231. The largest absolute Gasteiger partial charge is 0.496 e. The summed E-state index contributed by atoms with van der Waals surface area (Å²) < 4.78 is 6.83. The molecule has 2 aromatic rings. The van der Waals surface area contributed by atoms with Crippen LogP contribution in [0.3, 0.4) is 0 Å². The number of nitrogens with zero attached hydrogens (tertiary/aromatic N) is 2. The van der Waals surface area contributed by atoms with E-state index in [9.17, 15) is 9.90 Å². The average molecular weight is 276 g/mol. The Morgan fingerprint density at radius 1 is 1.42 bits per heavy atom. The van der Waals surface area contributed by atoms with Gasteiger partial charge in [0.2, 0.25) is 5.88 Å². The van der Waals surface area contributed by atoms with E-state index in [1.165, 1.54) is 18.9 Å². The first-order valence-electron chi connectivity index (χ1n) is 5.82. The highest BCUT2D eigenvalue weighted by Gasteiger charge is 2.23. The third-order valence-corrected chi connectivity index (χ3v) is 3.99. The van der Waals surface area contributed by atoms with Crippen LogP contribution in [0.4, 0.5) is 0 Å². The van der Waals surface area contributed by atoms with E-state index in [0.29, 0.717) is 23.0 Å². The summed E-state index contributed by atoms with van der Waals surface area (Å²) >= 11 is 1.47. The monoisotopic (exact) mass is 276 g/mol. The number of fused-ring (bicyclic) bond motifs is 1. The first-order valence-corrected chi connectivity index (χ1v) is 6.81. The Hall–Kier alpha value is -1.95. The van der Waals surface area contributed by atoms with Crippen LogP contribution in [0.1, 0.15) is 0 Å². The zero-order valence-corrected chi connectivity index (χ0v) is 11.1. The van der Waals surface area contributed by atoms with Crippen molar-refractivity contribution in [3.8, 4) is 22.8 Å². The molecule has 0 amide bonds. The SMILES string of the molecule is COc1ccccc1-c1c(O)nc2n(c1=O)CCS2. The predicted octanol–water partition coefficient (Wildman–Crippen LogP) is 1.73. The molecule has 19 heavy (non-hydrogen) atoms. The van der Waals surface area contributed by atoms with Crippen LogP contribution in [0.2, 0.25) is 0 Å². The number of hydrogen-bond donors (Lipinski definition) is 1. The highest BCUT2D eigenvalue weighted by atomic mass is 32.2. The highest BCUT2D eigenvalue weighted by molar-refractivity contribution is 7.99. The van der Waals surface area contributed by atoms with Gasteiger partial charge in [-0.25, -0.2) is 0 Å². The smallest absolute Gasteiger partial charge is 0.266 e. The lowest BCUT2D eigenvalue weighted by Gasteiger charge is -2.10. The van der Waals surface area contributed by atoms with Crippen LogP contribution in [0.5, 0.6) is 11.6 Å². The molecule has 5 nitrogen and oxygen atoms in total. The molecular weight excluding hydrogens is 264 g/mol. The molecule has 0 saturated carbocycles. The van der Waals surface area contributed by atoms with E-state index in [2.05, 4.69) is 4.98 Å². The van der Waals surface area contributed by atoms with E-state index in [4.69, 9.17) is 4.74 Å². The number of aromatic hydroxyl groups is 1. The third kappa shape index (κ3) is 1.88. The lowest BCUT2D eigenvalue weighted by atomic mass is 10.1. The van der Waals surface area contributed by atoms with Crippen molar-refractivity contribution >= 4 is 11.8 Å². The average Bonchev–Trinajstić information content (AvgIpc) is 2.87. The summed E-state index contributed by atoms with van der Waals surface area (Å²) in [6.07, 6.45) is 0. The van der Waals surface area contributed by atoms with E-state index < -0.39 is 0 Å². The summed E-state index contributed by atoms with van der Waals surface area (Å²) in [4.78, 5) is 16.5. The van der Waals surface area contributed by atoms with Crippen molar-refractivity contribution in [3.63, 3.8) is 0 Å². The Kier molecular flexibility index (Phi) is 2.94. The minimum absolute atomic E-state index is 0.198. The number of benzene rings is 1. The van der Waals surface area contributed by atoms with Crippen molar-refractivity contribution in [2.75, 3.05) is 12.9 Å². The van der Waals surface area contributed by atoms with Gasteiger partial charge >= 0.3 is 0 Å². The summed E-state index contributed by atoms with van der Waals surface area (Å²) in [7, 11) is 1.53. The van der Waals surface area contributed by atoms with Gasteiger partial charge in [0.25, 0.3) is 5.56 Å². The maximum Gasteiger partial charge on any atom is 0.266 e. The summed E-state index contributed by atoms with van der Waals surface area (Å²) in [6, 6.07) is 7.10. The van der Waals surface area contributed by atoms with Crippen molar-refractivity contribution in [1.29, 1.82) is 0 Å². The molecule has 1 aromatic heterocycles. The molecule has 0 aliphatic carbocycles. The van der Waals surface area contributed by atoms with Crippen LogP contribution in [0.25, 0.3) is 11.1 Å². The number of ether oxygens (including phenoxy) is 1. The topological polar surface area (TPSA) is 64.3 Å². The van der Waals surface area contributed by atoms with Gasteiger partial charge in [-0.3, -0.25) is 9.36 Å². The van der Waals surface area contributed by atoms with E-state index in [0.717, 1.165) is 5.75 Å². The van der Waals surface area contributed by atoms with Gasteiger partial charge in [-0.1, -0.05) is 30.0 Å². The summed E-state index contributed by atoms with van der Waals surface area (Å²) in [5, 5.41) is 10.6. The Bertz CT molecular complexity index is 697. The lowest BCUT2D eigenvalue weighted by molar-refractivity contribution is 0.414. The van der Waals surface area contributed by atoms with Crippen LogP contribution in [-0.4, -0.2) is 27.5 Å². The normalized spacial score (nSPS) is 13.3. The van der Waals surface area contributed by atoms with Crippen molar-refractivity contribution in [2.24, 2.45) is 0 Å². The van der Waals surface area contributed by atoms with E-state index in [1.54, 1.807) is 22.8 Å². The predicted molar refractivity (Wildman–Crippen MR) is 72.9 cm³/mol. The number of aromatic nitrogens is 2. The Labute approximate surface area is 113 Å². The van der Waals surface area contributed by atoms with Crippen LogP contribution >= 0.6 is 11.8 Å². The number of hydrogen-bond acceptors (Lipinski definition) is 5. The second kappa shape index (κ2) is 4.62. The second-order valence-corrected chi connectivity index (χ2v) is 5.16.